The van der Waals surface area contributed by atoms with E-state index in [0.29, 0.717) is 30.5 Å². The Morgan fingerprint density at radius 2 is 1.97 bits per heavy atom. The number of ether oxygens (including phenoxy) is 2. The van der Waals surface area contributed by atoms with Gasteiger partial charge < -0.3 is 20.1 Å². The number of amides is 1. The summed E-state index contributed by atoms with van der Waals surface area (Å²) < 4.78 is 51.2. The Bertz CT molecular complexity index is 910. The number of carbonyl (C=O) groups is 1. The van der Waals surface area contributed by atoms with E-state index >= 15 is 0 Å². The van der Waals surface area contributed by atoms with Crippen LogP contribution in [0.3, 0.4) is 0 Å². The second-order valence-corrected chi connectivity index (χ2v) is 8.23. The van der Waals surface area contributed by atoms with Crippen LogP contribution in [0.4, 0.5) is 18.0 Å². The van der Waals surface area contributed by atoms with Gasteiger partial charge in [-0.05, 0) is 49.9 Å². The maximum atomic E-state index is 13.2. The van der Waals surface area contributed by atoms with Gasteiger partial charge in [0.25, 0.3) is 0 Å². The highest BCUT2D eigenvalue weighted by atomic mass is 19.4. The summed E-state index contributed by atoms with van der Waals surface area (Å²) in [4.78, 5) is 11.5. The van der Waals surface area contributed by atoms with Gasteiger partial charge >= 0.3 is 12.3 Å². The van der Waals surface area contributed by atoms with Gasteiger partial charge in [-0.3, -0.25) is 0 Å². The summed E-state index contributed by atoms with van der Waals surface area (Å²) in [7, 11) is 1.51. The predicted molar refractivity (Wildman–Crippen MR) is 115 cm³/mol. The van der Waals surface area contributed by atoms with Gasteiger partial charge in [-0.25, -0.2) is 4.79 Å². The van der Waals surface area contributed by atoms with Crippen LogP contribution in [0.25, 0.3) is 0 Å². The molecule has 5 nitrogen and oxygen atoms in total. The zero-order chi connectivity index (χ0) is 23.4. The summed E-state index contributed by atoms with van der Waals surface area (Å²) >= 11 is 0. The fourth-order valence-corrected chi connectivity index (χ4v) is 4.00. The lowest BCUT2D eigenvalue weighted by molar-refractivity contribution is -0.137. The largest absolute Gasteiger partial charge is 0.445 e. The minimum absolute atomic E-state index is 0.264. The molecule has 0 aliphatic carbocycles. The Labute approximate surface area is 186 Å². The average Bonchev–Trinajstić information content (AvgIpc) is 2.78. The molecule has 0 aromatic heterocycles. The van der Waals surface area contributed by atoms with Gasteiger partial charge in [-0.2, -0.15) is 13.2 Å². The summed E-state index contributed by atoms with van der Waals surface area (Å²) in [6, 6.07) is 13.8. The molecule has 174 valence electrons. The fourth-order valence-electron chi connectivity index (χ4n) is 4.00. The lowest BCUT2D eigenvalue weighted by atomic mass is 9.82. The zero-order valence-electron chi connectivity index (χ0n) is 18.5. The maximum Gasteiger partial charge on any atom is 0.416 e. The van der Waals surface area contributed by atoms with Crippen LogP contribution in [0.2, 0.25) is 0 Å². The van der Waals surface area contributed by atoms with Crippen molar-refractivity contribution in [2.75, 3.05) is 20.2 Å². The van der Waals surface area contributed by atoms with E-state index in [-0.39, 0.29) is 12.7 Å². The molecule has 1 amide bonds. The molecule has 1 aliphatic heterocycles. The molecule has 1 aliphatic rings. The zero-order valence-corrected chi connectivity index (χ0v) is 18.5. The van der Waals surface area contributed by atoms with Crippen molar-refractivity contribution >= 4 is 6.09 Å². The van der Waals surface area contributed by atoms with Crippen LogP contribution in [0.15, 0.2) is 48.5 Å². The number of halogens is 3. The minimum atomic E-state index is -4.41. The van der Waals surface area contributed by atoms with Crippen molar-refractivity contribution in [2.24, 2.45) is 0 Å². The third kappa shape index (κ3) is 5.81. The molecular formula is C24H29F3N2O3. The number of hydrogen-bond donors (Lipinski definition) is 2. The van der Waals surface area contributed by atoms with E-state index in [9.17, 15) is 18.0 Å². The molecular weight excluding hydrogens is 421 g/mol. The van der Waals surface area contributed by atoms with Crippen LogP contribution in [0, 0.1) is 6.92 Å². The number of hydrogen-bond acceptors (Lipinski definition) is 4. The lowest BCUT2D eigenvalue weighted by Gasteiger charge is -2.41. The standard InChI is InChI=1S/C24H29F3N2O3/c1-16-11-18(13-20(12-16)24(25,26)27)17(2)31-15-23(19-7-5-4-6-8-19)10-9-21(14-29-23)32-22(30)28-3/h4-8,11-13,17,21,29H,9-10,14-15H2,1-3H3,(H,28,30)/t17-,21+,23-/m1/s1. The van der Waals surface area contributed by atoms with E-state index in [1.165, 1.54) is 7.05 Å². The minimum Gasteiger partial charge on any atom is -0.445 e. The summed E-state index contributed by atoms with van der Waals surface area (Å²) in [6.45, 7) is 4.11. The molecule has 0 spiro atoms. The molecule has 1 heterocycles. The SMILES string of the molecule is CNC(=O)O[C@H]1CC[C@@](CO[C@H](C)c2cc(C)cc(C(F)(F)F)c2)(c2ccccc2)NC1. The first kappa shape index (κ1) is 24.1. The number of piperidine rings is 1. The molecule has 0 radical (unpaired) electrons. The van der Waals surface area contributed by atoms with Gasteiger partial charge in [0, 0.05) is 13.6 Å². The van der Waals surface area contributed by atoms with Crippen LogP contribution in [0.5, 0.6) is 0 Å². The molecule has 0 unspecified atom stereocenters. The van der Waals surface area contributed by atoms with Gasteiger partial charge in [0.15, 0.2) is 0 Å². The van der Waals surface area contributed by atoms with E-state index in [1.807, 2.05) is 30.3 Å². The van der Waals surface area contributed by atoms with Crippen molar-refractivity contribution in [1.82, 2.24) is 10.6 Å². The molecule has 32 heavy (non-hydrogen) atoms. The van der Waals surface area contributed by atoms with E-state index < -0.39 is 29.5 Å². The topological polar surface area (TPSA) is 59.6 Å². The van der Waals surface area contributed by atoms with Crippen molar-refractivity contribution in [2.45, 2.75) is 50.6 Å². The summed E-state index contributed by atoms with van der Waals surface area (Å²) in [5, 5.41) is 5.92. The average molecular weight is 451 g/mol. The molecule has 1 saturated heterocycles. The van der Waals surface area contributed by atoms with Crippen molar-refractivity contribution < 1.29 is 27.4 Å². The first-order valence-electron chi connectivity index (χ1n) is 10.6. The quantitative estimate of drug-likeness (QED) is 0.643. The highest BCUT2D eigenvalue weighted by Gasteiger charge is 2.38. The predicted octanol–water partition coefficient (Wildman–Crippen LogP) is 5.09. The Morgan fingerprint density at radius 1 is 1.25 bits per heavy atom. The second-order valence-electron chi connectivity index (χ2n) is 8.23. The van der Waals surface area contributed by atoms with Crippen molar-refractivity contribution in [3.8, 4) is 0 Å². The van der Waals surface area contributed by atoms with E-state index in [4.69, 9.17) is 9.47 Å². The highest BCUT2D eigenvalue weighted by Crippen LogP contribution is 2.35. The Morgan fingerprint density at radius 3 is 2.56 bits per heavy atom. The Kier molecular flexibility index (Phi) is 7.46. The first-order valence-corrected chi connectivity index (χ1v) is 10.6. The third-order valence-electron chi connectivity index (χ3n) is 5.84. The number of rotatable bonds is 6. The van der Waals surface area contributed by atoms with Crippen LogP contribution in [-0.2, 0) is 21.2 Å². The van der Waals surface area contributed by atoms with Gasteiger partial charge in [0.05, 0.1) is 23.8 Å². The third-order valence-corrected chi connectivity index (χ3v) is 5.84. The van der Waals surface area contributed by atoms with E-state index in [0.717, 1.165) is 17.7 Å². The summed E-state index contributed by atoms with van der Waals surface area (Å²) in [5.74, 6) is 0. The van der Waals surface area contributed by atoms with Crippen LogP contribution >= 0.6 is 0 Å². The van der Waals surface area contributed by atoms with Crippen molar-refractivity contribution in [3.63, 3.8) is 0 Å². The first-order chi connectivity index (χ1) is 15.1. The summed E-state index contributed by atoms with van der Waals surface area (Å²) in [5.41, 5.74) is 0.830. The second kappa shape index (κ2) is 9.92. The number of benzene rings is 2. The molecule has 2 aromatic rings. The lowest BCUT2D eigenvalue weighted by Crippen LogP contribution is -2.54. The van der Waals surface area contributed by atoms with Crippen molar-refractivity contribution in [3.05, 3.63) is 70.8 Å². The van der Waals surface area contributed by atoms with Gasteiger partial charge in [-0.15, -0.1) is 0 Å². The number of alkyl carbamates (subject to hydrolysis) is 1. The molecule has 2 N–H and O–H groups in total. The van der Waals surface area contributed by atoms with Gasteiger partial charge in [0.2, 0.25) is 0 Å². The highest BCUT2D eigenvalue weighted by molar-refractivity contribution is 5.66. The van der Waals surface area contributed by atoms with E-state index in [2.05, 4.69) is 10.6 Å². The van der Waals surface area contributed by atoms with Gasteiger partial charge in [-0.1, -0.05) is 42.0 Å². The molecule has 8 heteroatoms. The summed E-state index contributed by atoms with van der Waals surface area (Å²) in [6.07, 6.45) is -4.40. The fraction of sp³-hybridized carbons (Fsp3) is 0.458. The number of carbonyl (C=O) groups excluding carboxylic acids is 1. The van der Waals surface area contributed by atoms with Crippen molar-refractivity contribution in [1.29, 1.82) is 0 Å². The molecule has 3 atom stereocenters. The Hall–Kier alpha value is -2.58. The molecule has 3 rings (SSSR count). The molecule has 1 fully saturated rings. The number of nitrogens with one attached hydrogen (secondary N) is 2. The number of alkyl halides is 3. The van der Waals surface area contributed by atoms with Crippen LogP contribution < -0.4 is 10.6 Å². The molecule has 0 bridgehead atoms. The van der Waals surface area contributed by atoms with Crippen LogP contribution in [-0.4, -0.2) is 32.4 Å². The Balaban J connectivity index is 1.76. The van der Waals surface area contributed by atoms with Crippen LogP contribution in [0.1, 0.15) is 48.1 Å². The number of aryl methyl sites for hydroxylation is 1. The monoisotopic (exact) mass is 450 g/mol. The molecule has 0 saturated carbocycles. The molecule has 2 aromatic carbocycles. The van der Waals surface area contributed by atoms with Gasteiger partial charge in [0.1, 0.15) is 6.10 Å². The maximum absolute atomic E-state index is 13.2. The normalized spacial score (nSPS) is 22.2. The smallest absolute Gasteiger partial charge is 0.416 e. The van der Waals surface area contributed by atoms with E-state index in [1.54, 1.807) is 19.9 Å².